The molecule has 8 aliphatic rings. The van der Waals surface area contributed by atoms with Gasteiger partial charge in [-0.25, -0.2) is 19.6 Å². The summed E-state index contributed by atoms with van der Waals surface area (Å²) in [5.41, 5.74) is 0.643. The van der Waals surface area contributed by atoms with Gasteiger partial charge in [0.2, 0.25) is 11.6 Å². The van der Waals surface area contributed by atoms with Crippen LogP contribution in [0.1, 0.15) is 95.1 Å². The van der Waals surface area contributed by atoms with E-state index in [4.69, 9.17) is 9.47 Å². The van der Waals surface area contributed by atoms with Crippen LogP contribution in [0.2, 0.25) is 0 Å². The number of nitrogens with zero attached hydrogens (tertiary/aromatic N) is 4. The van der Waals surface area contributed by atoms with Crippen molar-refractivity contribution < 1.29 is 28.7 Å². The highest BCUT2D eigenvalue weighted by Gasteiger charge is 2.79. The number of hydrogen-bond donors (Lipinski definition) is 4. The van der Waals surface area contributed by atoms with Crippen LogP contribution in [0.3, 0.4) is 0 Å². The first-order chi connectivity index (χ1) is 26.0. The van der Waals surface area contributed by atoms with Gasteiger partial charge in [0.15, 0.2) is 11.3 Å². The van der Waals surface area contributed by atoms with E-state index in [0.29, 0.717) is 24.2 Å². The Balaban J connectivity index is 0.949. The quantitative estimate of drug-likeness (QED) is 0.179. The van der Waals surface area contributed by atoms with Crippen LogP contribution in [-0.2, 0) is 9.47 Å². The van der Waals surface area contributed by atoms with Gasteiger partial charge in [0, 0.05) is 70.9 Å². The van der Waals surface area contributed by atoms with Gasteiger partial charge < -0.3 is 19.4 Å². The van der Waals surface area contributed by atoms with E-state index in [1.807, 2.05) is 36.7 Å². The number of ketones is 2. The van der Waals surface area contributed by atoms with Gasteiger partial charge in [0.05, 0.1) is 26.1 Å². The lowest BCUT2D eigenvalue weighted by atomic mass is 9.51. The van der Waals surface area contributed by atoms with Crippen molar-refractivity contribution in [2.75, 3.05) is 27.3 Å². The van der Waals surface area contributed by atoms with Gasteiger partial charge in [0.25, 0.3) is 0 Å². The largest absolute Gasteiger partial charge is 0.453 e. The number of alkyl carbamates (subject to hydrolysis) is 2. The molecule has 8 atom stereocenters. The molecule has 0 saturated carbocycles. The van der Waals surface area contributed by atoms with E-state index >= 15 is 0 Å². The predicted molar refractivity (Wildman–Crippen MR) is 194 cm³/mol. The van der Waals surface area contributed by atoms with Crippen LogP contribution in [0.25, 0.3) is 11.1 Å². The molecule has 10 heterocycles. The molecule has 2 aromatic carbocycles. The molecule has 2 amide bonds. The molecule has 4 bridgehead atoms. The number of amides is 2. The minimum atomic E-state index is -1.32. The highest BCUT2D eigenvalue weighted by molar-refractivity contribution is 6.08. The number of nitrogens with one attached hydrogen (secondary N) is 4. The van der Waals surface area contributed by atoms with E-state index in [-0.39, 0.29) is 35.5 Å². The lowest BCUT2D eigenvalue weighted by molar-refractivity contribution is -0.179. The average molecular weight is 731 g/mol. The molecule has 4 fully saturated rings. The molecule has 14 nitrogen and oxygen atoms in total. The van der Waals surface area contributed by atoms with Crippen molar-refractivity contribution in [3.63, 3.8) is 0 Å². The maximum Gasteiger partial charge on any atom is 0.408 e. The Labute approximate surface area is 311 Å². The summed E-state index contributed by atoms with van der Waals surface area (Å²) in [5, 5.41) is 6.05. The first-order valence-electron chi connectivity index (χ1n) is 18.7. The van der Waals surface area contributed by atoms with Gasteiger partial charge in [0.1, 0.15) is 11.6 Å². The van der Waals surface area contributed by atoms with E-state index < -0.39 is 34.3 Å². The summed E-state index contributed by atoms with van der Waals surface area (Å²) < 4.78 is 10.2. The van der Waals surface area contributed by atoms with E-state index in [0.717, 1.165) is 59.8 Å². The number of aromatic nitrogens is 4. The van der Waals surface area contributed by atoms with Gasteiger partial charge in [-0.2, -0.15) is 0 Å². The number of carbonyl (C=O) groups excluding carboxylic acids is 4. The number of aromatic amines is 2. The molecule has 0 radical (unpaired) electrons. The zero-order chi connectivity index (χ0) is 37.4. The monoisotopic (exact) mass is 730 g/mol. The van der Waals surface area contributed by atoms with Crippen LogP contribution in [0.4, 0.5) is 9.59 Å². The second-order valence-electron chi connectivity index (χ2n) is 16.0. The van der Waals surface area contributed by atoms with Gasteiger partial charge in [-0.15, -0.1) is 0 Å². The normalized spacial score (nSPS) is 33.9. The maximum atomic E-state index is 14.8. The van der Waals surface area contributed by atoms with Gasteiger partial charge >= 0.3 is 12.2 Å². The van der Waals surface area contributed by atoms with Crippen LogP contribution >= 0.6 is 0 Å². The van der Waals surface area contributed by atoms with E-state index in [1.165, 1.54) is 14.2 Å². The minimum Gasteiger partial charge on any atom is -0.453 e. The van der Waals surface area contributed by atoms with Crippen molar-refractivity contribution in [1.29, 1.82) is 0 Å². The van der Waals surface area contributed by atoms with Crippen LogP contribution in [0.15, 0.2) is 60.9 Å². The molecule has 4 aromatic rings. The molecule has 4 saturated heterocycles. The number of carbonyl (C=O) groups is 4. The molecule has 4 N–H and O–H groups in total. The molecule has 278 valence electrons. The van der Waals surface area contributed by atoms with Gasteiger partial charge in [-0.1, -0.05) is 62.4 Å². The number of ether oxygens (including phenoxy) is 2. The number of hydrogen-bond acceptors (Lipinski definition) is 10. The summed E-state index contributed by atoms with van der Waals surface area (Å²) >= 11 is 0. The maximum absolute atomic E-state index is 14.8. The molecule has 54 heavy (non-hydrogen) atoms. The number of Topliss-reactive ketones (excluding diaryl/α,β-unsaturated/α-hetero) is 2. The zero-order valence-electron chi connectivity index (χ0n) is 30.6. The second-order valence-corrected chi connectivity index (χ2v) is 16.0. The predicted octanol–water partition coefficient (Wildman–Crippen LogP) is 4.53. The third kappa shape index (κ3) is 3.77. The first kappa shape index (κ1) is 33.2. The summed E-state index contributed by atoms with van der Waals surface area (Å²) in [5.74, 6) is 1.07. The molecule has 0 aliphatic carbocycles. The number of rotatable bonds is 9. The molecule has 8 aliphatic heterocycles. The number of H-pyrrole nitrogens is 2. The van der Waals surface area contributed by atoms with E-state index in [2.05, 4.69) is 54.2 Å². The van der Waals surface area contributed by atoms with Gasteiger partial charge in [-0.05, 0) is 36.8 Å². The molecule has 12 rings (SSSR count). The lowest BCUT2D eigenvalue weighted by Crippen LogP contribution is -2.87. The fraction of sp³-hybridized carbons (Fsp3) is 0.450. The lowest BCUT2D eigenvalue weighted by Gasteiger charge is -2.69. The highest BCUT2D eigenvalue weighted by atomic mass is 16.5. The Morgan fingerprint density at radius 1 is 0.667 bits per heavy atom. The van der Waals surface area contributed by atoms with Crippen LogP contribution in [0, 0.1) is 10.8 Å². The van der Waals surface area contributed by atoms with Crippen LogP contribution < -0.4 is 10.6 Å². The molecule has 6 unspecified atom stereocenters. The SMILES string of the molecule is COC(=O)N[C@]1(C(=O)c2ccc(-c3ccc(C(=O)[C@@]4(NC(=O)OC)N5CCCC5C4(C)C4c5cnc4[nH]5)cc3)cc2)N2CCCC2C1(C)C1c2cnc1[nH]2. The van der Waals surface area contributed by atoms with Crippen molar-refractivity contribution in [3.05, 3.63) is 95.1 Å². The summed E-state index contributed by atoms with van der Waals surface area (Å²) in [4.78, 5) is 75.3. The Morgan fingerprint density at radius 2 is 1.06 bits per heavy atom. The number of imidazole rings is 2. The zero-order valence-corrected chi connectivity index (χ0v) is 30.6. The van der Waals surface area contributed by atoms with Crippen LogP contribution in [0.5, 0.6) is 0 Å². The summed E-state index contributed by atoms with van der Waals surface area (Å²) in [6, 6.07) is 14.9. The molecule has 2 aromatic heterocycles. The molecule has 14 heteroatoms. The highest BCUT2D eigenvalue weighted by Crippen LogP contribution is 2.67. The topological polar surface area (TPSA) is 175 Å². The van der Waals surface area contributed by atoms with Crippen molar-refractivity contribution in [2.45, 2.75) is 74.8 Å². The molecular weight excluding hydrogens is 688 g/mol. The summed E-state index contributed by atoms with van der Waals surface area (Å²) in [6.07, 6.45) is 6.00. The molecule has 0 spiro atoms. The summed E-state index contributed by atoms with van der Waals surface area (Å²) in [7, 11) is 2.62. The average Bonchev–Trinajstić information content (AvgIpc) is 4.04. The molecular formula is C40H42N8O6. The van der Waals surface area contributed by atoms with Crippen LogP contribution in [-0.4, -0.2) is 104 Å². The third-order valence-corrected chi connectivity index (χ3v) is 14.1. The van der Waals surface area contributed by atoms with Crippen molar-refractivity contribution in [2.24, 2.45) is 10.8 Å². The smallest absolute Gasteiger partial charge is 0.408 e. The van der Waals surface area contributed by atoms with Crippen molar-refractivity contribution >= 4 is 23.8 Å². The number of fused-ring (bicyclic) bond motifs is 4. The van der Waals surface area contributed by atoms with E-state index in [1.54, 1.807) is 24.3 Å². The second kappa shape index (κ2) is 11.1. The minimum absolute atomic E-state index is 0.0964. The third-order valence-electron chi connectivity index (χ3n) is 14.1. The fourth-order valence-corrected chi connectivity index (χ4v) is 11.7. The van der Waals surface area contributed by atoms with Crippen molar-refractivity contribution in [3.8, 4) is 11.1 Å². The number of methoxy groups -OCH3 is 2. The Bertz CT molecular complexity index is 2040. The Kier molecular flexibility index (Phi) is 6.84. The number of benzene rings is 2. The standard InChI is InChI=1S/C40H42N8O6/c1-37(29-25-19-41-33(29)43-25)27-7-5-17-47(27)39(37,45-35(51)53-3)31(49)23-13-9-21(10-14-23)22-11-15-24(16-12-22)32(50)40(46-36(52)54-4)38(2,28-8-6-18-48(28)40)30-26-20-42-34(30)44-26/h9-16,19-20,27-30H,5-8,17-18H2,1-4H3,(H,41,43)(H,42,44)(H,45,51)(H,46,52)/t27?,28?,29?,30?,37?,38?,39-,40-/m1/s1. The first-order valence-corrected chi connectivity index (χ1v) is 18.7. The van der Waals surface area contributed by atoms with E-state index in [9.17, 15) is 19.2 Å². The fourth-order valence-electron chi connectivity index (χ4n) is 11.7. The summed E-state index contributed by atoms with van der Waals surface area (Å²) in [6.45, 7) is 5.54. The van der Waals surface area contributed by atoms with Crippen molar-refractivity contribution in [1.82, 2.24) is 40.4 Å². The Hall–Kier alpha value is -5.34. The van der Waals surface area contributed by atoms with Gasteiger partial charge in [-0.3, -0.25) is 30.0 Å². The Morgan fingerprint density at radius 3 is 1.37 bits per heavy atom.